The number of hydrogen-bond acceptors (Lipinski definition) is 3. The molecule has 0 fully saturated rings. The van der Waals surface area contributed by atoms with E-state index in [2.05, 4.69) is 26.6 Å². The third kappa shape index (κ3) is 3.90. The highest BCUT2D eigenvalue weighted by Gasteiger charge is 2.22. The molecule has 6 heteroatoms. The average molecular weight is 416 g/mol. The number of amides is 2. The fourth-order valence-electron chi connectivity index (χ4n) is 3.10. The van der Waals surface area contributed by atoms with E-state index >= 15 is 0 Å². The van der Waals surface area contributed by atoms with Crippen molar-refractivity contribution in [1.29, 1.82) is 0 Å². The van der Waals surface area contributed by atoms with Crippen LogP contribution >= 0.6 is 15.9 Å². The Morgan fingerprint density at radius 3 is 2.65 bits per heavy atom. The van der Waals surface area contributed by atoms with E-state index in [4.69, 9.17) is 0 Å². The van der Waals surface area contributed by atoms with Crippen LogP contribution in [0.15, 0.2) is 40.9 Å². The van der Waals surface area contributed by atoms with Gasteiger partial charge in [0, 0.05) is 29.3 Å². The minimum absolute atomic E-state index is 0.0564. The molecule has 0 aliphatic carbocycles. The maximum Gasteiger partial charge on any atom is 0.246 e. The Morgan fingerprint density at radius 1 is 1.19 bits per heavy atom. The zero-order chi connectivity index (χ0) is 18.8. The van der Waals surface area contributed by atoms with Gasteiger partial charge in [-0.2, -0.15) is 0 Å². The molecule has 1 aliphatic rings. The Kier molecular flexibility index (Phi) is 5.32. The van der Waals surface area contributed by atoms with E-state index in [1.807, 2.05) is 50.2 Å². The number of hydrogen-bond donors (Lipinski definition) is 2. The van der Waals surface area contributed by atoms with Crippen LogP contribution in [0.3, 0.4) is 0 Å². The number of benzene rings is 2. The Morgan fingerprint density at radius 2 is 1.96 bits per heavy atom. The van der Waals surface area contributed by atoms with Gasteiger partial charge in [0.1, 0.15) is 6.04 Å². The predicted molar refractivity (Wildman–Crippen MR) is 109 cm³/mol. The summed E-state index contributed by atoms with van der Waals surface area (Å²) in [4.78, 5) is 25.9. The van der Waals surface area contributed by atoms with Crippen molar-refractivity contribution in [2.75, 3.05) is 22.1 Å². The second kappa shape index (κ2) is 7.50. The molecule has 2 amide bonds. The second-order valence-corrected chi connectivity index (χ2v) is 7.46. The molecule has 2 aromatic rings. The standard InChI is InChI=1S/C20H22BrN3O2/c1-12-4-6-18(17(21)10-12)23-20(26)13(2)22-16-5-7-19-15(11-16)8-9-24(19)14(3)25/h4-7,10-11,13,22H,8-9H2,1-3H3,(H,23,26)/t13-/m0/s1. The van der Waals surface area contributed by atoms with Crippen molar-refractivity contribution in [3.8, 4) is 0 Å². The number of halogens is 1. The molecule has 0 unspecified atom stereocenters. The Balaban J connectivity index is 1.67. The summed E-state index contributed by atoms with van der Waals surface area (Å²) in [5, 5.41) is 6.17. The first-order valence-electron chi connectivity index (χ1n) is 8.59. The number of rotatable bonds is 4. The maximum absolute atomic E-state index is 12.5. The molecule has 0 saturated carbocycles. The minimum Gasteiger partial charge on any atom is -0.374 e. The largest absolute Gasteiger partial charge is 0.374 e. The number of fused-ring (bicyclic) bond motifs is 1. The lowest BCUT2D eigenvalue weighted by molar-refractivity contribution is -0.117. The third-order valence-electron chi connectivity index (χ3n) is 4.51. The Labute approximate surface area is 161 Å². The number of nitrogens with zero attached hydrogens (tertiary/aromatic N) is 1. The lowest BCUT2D eigenvalue weighted by Crippen LogP contribution is -2.32. The molecule has 0 saturated heterocycles. The quantitative estimate of drug-likeness (QED) is 0.789. The van der Waals surface area contributed by atoms with Gasteiger partial charge in [-0.25, -0.2) is 0 Å². The molecule has 136 valence electrons. The van der Waals surface area contributed by atoms with Gasteiger partial charge in [0.25, 0.3) is 0 Å². The molecule has 0 radical (unpaired) electrons. The number of carbonyl (C=O) groups is 2. The maximum atomic E-state index is 12.5. The van der Waals surface area contributed by atoms with E-state index in [0.29, 0.717) is 6.54 Å². The van der Waals surface area contributed by atoms with Gasteiger partial charge in [0.05, 0.1) is 5.69 Å². The van der Waals surface area contributed by atoms with E-state index in [1.54, 1.807) is 11.8 Å². The van der Waals surface area contributed by atoms with Crippen LogP contribution in [0.25, 0.3) is 0 Å². The van der Waals surface area contributed by atoms with E-state index < -0.39 is 6.04 Å². The van der Waals surface area contributed by atoms with Crippen LogP contribution in [-0.4, -0.2) is 24.4 Å². The molecule has 3 rings (SSSR count). The molecular formula is C20H22BrN3O2. The van der Waals surface area contributed by atoms with Crippen LogP contribution in [0.5, 0.6) is 0 Å². The second-order valence-electron chi connectivity index (χ2n) is 6.60. The van der Waals surface area contributed by atoms with Gasteiger partial charge in [-0.05, 0) is 77.7 Å². The van der Waals surface area contributed by atoms with Gasteiger partial charge >= 0.3 is 0 Å². The van der Waals surface area contributed by atoms with Gasteiger partial charge in [-0.15, -0.1) is 0 Å². The third-order valence-corrected chi connectivity index (χ3v) is 5.17. The first-order chi connectivity index (χ1) is 12.3. The highest BCUT2D eigenvalue weighted by molar-refractivity contribution is 9.10. The van der Waals surface area contributed by atoms with Gasteiger partial charge in [-0.3, -0.25) is 9.59 Å². The molecule has 0 spiro atoms. The van der Waals surface area contributed by atoms with Crippen molar-refractivity contribution in [3.63, 3.8) is 0 Å². The molecule has 1 heterocycles. The normalized spacial score (nSPS) is 13.9. The lowest BCUT2D eigenvalue weighted by atomic mass is 10.1. The Bertz CT molecular complexity index is 866. The monoisotopic (exact) mass is 415 g/mol. The van der Waals surface area contributed by atoms with E-state index in [0.717, 1.165) is 39.1 Å². The van der Waals surface area contributed by atoms with Crippen LogP contribution < -0.4 is 15.5 Å². The van der Waals surface area contributed by atoms with Gasteiger partial charge in [0.2, 0.25) is 11.8 Å². The summed E-state index contributed by atoms with van der Waals surface area (Å²) >= 11 is 3.48. The minimum atomic E-state index is -0.397. The number of aryl methyl sites for hydroxylation is 1. The molecule has 0 aromatic heterocycles. The van der Waals surface area contributed by atoms with Gasteiger partial charge in [0.15, 0.2) is 0 Å². The van der Waals surface area contributed by atoms with Crippen molar-refractivity contribution < 1.29 is 9.59 Å². The molecule has 26 heavy (non-hydrogen) atoms. The zero-order valence-corrected chi connectivity index (χ0v) is 16.7. The van der Waals surface area contributed by atoms with Gasteiger partial charge in [-0.1, -0.05) is 6.07 Å². The summed E-state index contributed by atoms with van der Waals surface area (Å²) in [6.07, 6.45) is 0.835. The molecule has 0 bridgehead atoms. The summed E-state index contributed by atoms with van der Waals surface area (Å²) in [6.45, 7) is 6.12. The molecule has 1 aliphatic heterocycles. The molecule has 1 atom stereocenters. The summed E-state index contributed by atoms with van der Waals surface area (Å²) in [6, 6.07) is 11.3. The summed E-state index contributed by atoms with van der Waals surface area (Å²) in [7, 11) is 0. The Hall–Kier alpha value is -2.34. The number of nitrogens with one attached hydrogen (secondary N) is 2. The fourth-order valence-corrected chi connectivity index (χ4v) is 3.69. The topological polar surface area (TPSA) is 61.4 Å². The number of anilines is 3. The lowest BCUT2D eigenvalue weighted by Gasteiger charge is -2.18. The van der Waals surface area contributed by atoms with Crippen molar-refractivity contribution >= 4 is 44.8 Å². The summed E-state index contributed by atoms with van der Waals surface area (Å²) in [5.74, 6) is -0.0544. The van der Waals surface area contributed by atoms with Crippen molar-refractivity contribution in [3.05, 3.63) is 52.0 Å². The van der Waals surface area contributed by atoms with Crippen LogP contribution in [0.1, 0.15) is 25.0 Å². The van der Waals surface area contributed by atoms with Crippen molar-refractivity contribution in [2.24, 2.45) is 0 Å². The van der Waals surface area contributed by atoms with E-state index in [-0.39, 0.29) is 11.8 Å². The van der Waals surface area contributed by atoms with Crippen LogP contribution in [-0.2, 0) is 16.0 Å². The average Bonchev–Trinajstić information content (AvgIpc) is 3.00. The zero-order valence-electron chi connectivity index (χ0n) is 15.1. The predicted octanol–water partition coefficient (Wildman–Crippen LogP) is 4.11. The molecular weight excluding hydrogens is 394 g/mol. The summed E-state index contributed by atoms with van der Waals surface area (Å²) in [5.41, 5.74) is 4.83. The van der Waals surface area contributed by atoms with Crippen LogP contribution in [0.4, 0.5) is 17.1 Å². The van der Waals surface area contributed by atoms with Crippen molar-refractivity contribution in [2.45, 2.75) is 33.2 Å². The van der Waals surface area contributed by atoms with E-state index in [9.17, 15) is 9.59 Å². The van der Waals surface area contributed by atoms with Crippen LogP contribution in [0, 0.1) is 6.92 Å². The summed E-state index contributed by atoms with van der Waals surface area (Å²) < 4.78 is 0.861. The van der Waals surface area contributed by atoms with Crippen LogP contribution in [0.2, 0.25) is 0 Å². The van der Waals surface area contributed by atoms with Gasteiger partial charge < -0.3 is 15.5 Å². The fraction of sp³-hybridized carbons (Fsp3) is 0.300. The smallest absolute Gasteiger partial charge is 0.246 e. The number of carbonyl (C=O) groups excluding carboxylic acids is 2. The highest BCUT2D eigenvalue weighted by atomic mass is 79.9. The first kappa shape index (κ1) is 18.5. The van der Waals surface area contributed by atoms with Crippen molar-refractivity contribution in [1.82, 2.24) is 0 Å². The highest BCUT2D eigenvalue weighted by Crippen LogP contribution is 2.31. The molecule has 5 nitrogen and oxygen atoms in total. The SMILES string of the molecule is CC(=O)N1CCc2cc(N[C@@H](C)C(=O)Nc3ccc(C)cc3Br)ccc21. The molecule has 2 aromatic carbocycles. The molecule has 2 N–H and O–H groups in total. The van der Waals surface area contributed by atoms with E-state index in [1.165, 1.54) is 0 Å². The first-order valence-corrected chi connectivity index (χ1v) is 9.39.